The Balaban J connectivity index is 2.32. The van der Waals surface area contributed by atoms with Crippen LogP contribution in [-0.4, -0.2) is 18.1 Å². The molecule has 0 fully saturated rings. The number of carbonyl (C=O) groups is 1. The zero-order chi connectivity index (χ0) is 13.8. The molecule has 19 heavy (non-hydrogen) atoms. The molecule has 98 valence electrons. The summed E-state index contributed by atoms with van der Waals surface area (Å²) in [5, 5.41) is 1.26. The van der Waals surface area contributed by atoms with Crippen LogP contribution in [0.15, 0.2) is 46.5 Å². The van der Waals surface area contributed by atoms with E-state index in [9.17, 15) is 4.79 Å². The van der Waals surface area contributed by atoms with Crippen LogP contribution in [0.4, 0.5) is 5.69 Å². The van der Waals surface area contributed by atoms with Gasteiger partial charge in [0.15, 0.2) is 0 Å². The van der Waals surface area contributed by atoms with Crippen LogP contribution in [0.25, 0.3) is 0 Å². The van der Waals surface area contributed by atoms with Gasteiger partial charge in [-0.05, 0) is 18.2 Å². The average Bonchev–Trinajstić information content (AvgIpc) is 2.42. The van der Waals surface area contributed by atoms with Crippen LogP contribution in [0.5, 0.6) is 0 Å². The fourth-order valence-corrected chi connectivity index (χ4v) is 2.50. The second kappa shape index (κ2) is 5.95. The van der Waals surface area contributed by atoms with Crippen LogP contribution in [0, 0.1) is 0 Å². The number of esters is 1. The van der Waals surface area contributed by atoms with Gasteiger partial charge in [-0.1, -0.05) is 35.5 Å². The van der Waals surface area contributed by atoms with Gasteiger partial charge >= 0.3 is 5.97 Å². The Morgan fingerprint density at radius 2 is 2.16 bits per heavy atom. The van der Waals surface area contributed by atoms with E-state index in [1.807, 2.05) is 18.2 Å². The van der Waals surface area contributed by atoms with Crippen molar-refractivity contribution in [3.8, 4) is 0 Å². The van der Waals surface area contributed by atoms with E-state index in [1.54, 1.807) is 12.1 Å². The number of methoxy groups -OCH3 is 1. The molecule has 0 radical (unpaired) electrons. The van der Waals surface area contributed by atoms with Crippen LogP contribution in [-0.2, 0) is 4.74 Å². The van der Waals surface area contributed by atoms with Gasteiger partial charge in [-0.25, -0.2) is 9.78 Å². The number of hydrogen-bond donors (Lipinski definition) is 1. The summed E-state index contributed by atoms with van der Waals surface area (Å²) < 4.78 is 4.66. The van der Waals surface area contributed by atoms with Crippen molar-refractivity contribution in [3.63, 3.8) is 0 Å². The molecular formula is C13H11ClN2O2S. The Labute approximate surface area is 119 Å². The molecule has 0 aliphatic carbocycles. The predicted molar refractivity (Wildman–Crippen MR) is 75.6 cm³/mol. The number of anilines is 1. The number of hydrogen-bond acceptors (Lipinski definition) is 5. The van der Waals surface area contributed by atoms with Crippen LogP contribution in [0.3, 0.4) is 0 Å². The molecule has 4 nitrogen and oxygen atoms in total. The first-order chi connectivity index (χ1) is 9.11. The summed E-state index contributed by atoms with van der Waals surface area (Å²) >= 11 is 7.43. The summed E-state index contributed by atoms with van der Waals surface area (Å²) in [6.45, 7) is 0. The minimum atomic E-state index is -0.485. The highest BCUT2D eigenvalue weighted by Crippen LogP contribution is 2.32. The molecule has 0 unspecified atom stereocenters. The Hall–Kier alpha value is -1.72. The summed E-state index contributed by atoms with van der Waals surface area (Å²) in [6, 6.07) is 9.00. The lowest BCUT2D eigenvalue weighted by molar-refractivity contribution is 0.0601. The van der Waals surface area contributed by atoms with Gasteiger partial charge in [-0.15, -0.1) is 0 Å². The predicted octanol–water partition coefficient (Wildman–Crippen LogP) is 3.26. The largest absolute Gasteiger partial charge is 0.465 e. The molecule has 2 N–H and O–H groups in total. The molecule has 0 aliphatic heterocycles. The molecule has 1 heterocycles. The van der Waals surface area contributed by atoms with Crippen LogP contribution in [0.1, 0.15) is 10.4 Å². The van der Waals surface area contributed by atoms with E-state index in [0.29, 0.717) is 15.6 Å². The number of nitrogens with two attached hydrogens (primary N) is 1. The first kappa shape index (κ1) is 13.7. The molecule has 0 saturated carbocycles. The maximum atomic E-state index is 11.5. The molecule has 1 aromatic carbocycles. The maximum absolute atomic E-state index is 11.5. The number of nitrogens with zero attached hydrogens (tertiary/aromatic N) is 1. The molecule has 0 spiro atoms. The normalized spacial score (nSPS) is 10.2. The number of benzene rings is 1. The van der Waals surface area contributed by atoms with Crippen LogP contribution < -0.4 is 5.73 Å². The third-order valence-electron chi connectivity index (χ3n) is 2.37. The van der Waals surface area contributed by atoms with E-state index in [2.05, 4.69) is 9.72 Å². The third kappa shape index (κ3) is 3.19. The molecule has 6 heteroatoms. The number of ether oxygens (including phenoxy) is 1. The van der Waals surface area contributed by atoms with E-state index in [4.69, 9.17) is 17.3 Å². The monoisotopic (exact) mass is 294 g/mol. The van der Waals surface area contributed by atoms with Crippen molar-refractivity contribution in [2.24, 2.45) is 0 Å². The van der Waals surface area contributed by atoms with Crippen molar-refractivity contribution >= 4 is 35.0 Å². The second-order valence-electron chi connectivity index (χ2n) is 3.63. The van der Waals surface area contributed by atoms with Gasteiger partial charge in [0.2, 0.25) is 0 Å². The van der Waals surface area contributed by atoms with Gasteiger partial charge in [0.05, 0.1) is 29.6 Å². The van der Waals surface area contributed by atoms with Crippen molar-refractivity contribution < 1.29 is 9.53 Å². The quantitative estimate of drug-likeness (QED) is 0.880. The Morgan fingerprint density at radius 1 is 1.42 bits per heavy atom. The van der Waals surface area contributed by atoms with Crippen LogP contribution >= 0.6 is 23.4 Å². The second-order valence-corrected chi connectivity index (χ2v) is 5.10. The van der Waals surface area contributed by atoms with Crippen LogP contribution in [0.2, 0.25) is 5.02 Å². The highest BCUT2D eigenvalue weighted by Gasteiger charge is 2.12. The van der Waals surface area contributed by atoms with Gasteiger partial charge in [0.1, 0.15) is 5.03 Å². The van der Waals surface area contributed by atoms with Gasteiger partial charge < -0.3 is 10.5 Å². The summed E-state index contributed by atoms with van der Waals surface area (Å²) in [5.74, 6) is -0.485. The average molecular weight is 295 g/mol. The van der Waals surface area contributed by atoms with Crippen molar-refractivity contribution in [2.75, 3.05) is 12.8 Å². The fourth-order valence-electron chi connectivity index (χ4n) is 1.43. The number of carbonyl (C=O) groups excluding carboxylic acids is 1. The summed E-state index contributed by atoms with van der Waals surface area (Å²) in [6.07, 6.45) is 1.44. The summed E-state index contributed by atoms with van der Waals surface area (Å²) in [7, 11) is 1.31. The van der Waals surface area contributed by atoms with Gasteiger partial charge in [0, 0.05) is 4.90 Å². The Kier molecular flexibility index (Phi) is 4.29. The minimum Gasteiger partial charge on any atom is -0.465 e. The van der Waals surface area contributed by atoms with Crippen molar-refractivity contribution in [3.05, 3.63) is 47.1 Å². The molecule has 0 aliphatic rings. The molecule has 0 amide bonds. The minimum absolute atomic E-state index is 0.287. The molecule has 0 bridgehead atoms. The number of nitrogen functional groups attached to an aromatic ring is 1. The topological polar surface area (TPSA) is 65.2 Å². The smallest absolute Gasteiger partial charge is 0.340 e. The van der Waals surface area contributed by atoms with Crippen molar-refractivity contribution in [2.45, 2.75) is 9.92 Å². The van der Waals surface area contributed by atoms with Gasteiger partial charge in [0.25, 0.3) is 0 Å². The Bertz CT molecular complexity index is 619. The van der Waals surface area contributed by atoms with Crippen molar-refractivity contribution in [1.29, 1.82) is 0 Å². The summed E-state index contributed by atoms with van der Waals surface area (Å²) in [5.41, 5.74) is 6.28. The first-order valence-electron chi connectivity index (χ1n) is 5.38. The molecule has 1 aromatic heterocycles. The number of aromatic nitrogens is 1. The van der Waals surface area contributed by atoms with E-state index in [0.717, 1.165) is 4.90 Å². The molecular weight excluding hydrogens is 284 g/mol. The lowest BCUT2D eigenvalue weighted by Gasteiger charge is -2.07. The molecule has 0 saturated heterocycles. The van der Waals surface area contributed by atoms with Gasteiger partial charge in [-0.2, -0.15) is 0 Å². The zero-order valence-corrected chi connectivity index (χ0v) is 11.7. The third-order valence-corrected chi connectivity index (χ3v) is 3.82. The maximum Gasteiger partial charge on any atom is 0.340 e. The Morgan fingerprint density at radius 3 is 2.84 bits per heavy atom. The van der Waals surface area contributed by atoms with E-state index in [-0.39, 0.29) is 5.69 Å². The molecule has 0 atom stereocenters. The first-order valence-corrected chi connectivity index (χ1v) is 6.57. The van der Waals surface area contributed by atoms with Crippen molar-refractivity contribution in [1.82, 2.24) is 4.98 Å². The summed E-state index contributed by atoms with van der Waals surface area (Å²) in [4.78, 5) is 16.6. The standard InChI is InChI=1S/C13H11ClN2O2S/c1-18-13(17)8-6-12(16-7-10(8)15)19-11-5-3-2-4-9(11)14/h2-7H,15H2,1H3. The van der Waals surface area contributed by atoms with Gasteiger partial charge in [-0.3, -0.25) is 0 Å². The van der Waals surface area contributed by atoms with E-state index >= 15 is 0 Å². The number of halogens is 1. The van der Waals surface area contributed by atoms with E-state index < -0.39 is 5.97 Å². The fraction of sp³-hybridized carbons (Fsp3) is 0.0769. The molecule has 2 aromatic rings. The highest BCUT2D eigenvalue weighted by atomic mass is 35.5. The lowest BCUT2D eigenvalue weighted by atomic mass is 10.2. The molecule has 2 rings (SSSR count). The number of pyridine rings is 1. The zero-order valence-electron chi connectivity index (χ0n) is 10.1. The van der Waals surface area contributed by atoms with E-state index in [1.165, 1.54) is 25.1 Å². The SMILES string of the molecule is COC(=O)c1cc(Sc2ccccc2Cl)ncc1N. The lowest BCUT2D eigenvalue weighted by Crippen LogP contribution is -2.06. The number of rotatable bonds is 3. The highest BCUT2D eigenvalue weighted by molar-refractivity contribution is 7.99.